The Kier molecular flexibility index (Phi) is 3.68. The van der Waals surface area contributed by atoms with E-state index in [0.29, 0.717) is 30.5 Å². The van der Waals surface area contributed by atoms with E-state index in [0.717, 1.165) is 5.56 Å². The van der Waals surface area contributed by atoms with Gasteiger partial charge in [-0.05, 0) is 36.0 Å². The van der Waals surface area contributed by atoms with Gasteiger partial charge in [0, 0.05) is 31.6 Å². The summed E-state index contributed by atoms with van der Waals surface area (Å²) in [4.78, 5) is 30.0. The first kappa shape index (κ1) is 18.2. The lowest BCUT2D eigenvalue weighted by Crippen LogP contribution is -2.36. The van der Waals surface area contributed by atoms with Crippen LogP contribution in [0, 0.1) is 0 Å². The monoisotopic (exact) mass is 402 g/mol. The smallest absolute Gasteiger partial charge is 0.280 e. The topological polar surface area (TPSA) is 101 Å². The summed E-state index contributed by atoms with van der Waals surface area (Å²) in [5.41, 5.74) is 4.68. The zero-order chi connectivity index (χ0) is 20.7. The Morgan fingerprint density at radius 3 is 2.69 bits per heavy atom. The van der Waals surface area contributed by atoms with Crippen molar-refractivity contribution in [3.8, 4) is 11.4 Å². The van der Waals surface area contributed by atoms with Crippen molar-refractivity contribution in [3.05, 3.63) is 40.7 Å². The number of likely N-dealkylation sites (tertiary alicyclic amines) is 1. The number of nitrogens with two attached hydrogens (primary N) is 1. The second-order valence-corrected chi connectivity index (χ2v) is 8.17. The maximum Gasteiger partial charge on any atom is 0.280 e. The summed E-state index contributed by atoms with van der Waals surface area (Å²) >= 11 is 0. The minimum Gasteiger partial charge on any atom is -0.375 e. The molecule has 3 N–H and O–H groups in total. The maximum absolute atomic E-state index is 13.8. The summed E-state index contributed by atoms with van der Waals surface area (Å²) in [6, 6.07) is 5.04. The van der Waals surface area contributed by atoms with Gasteiger partial charge in [0.05, 0.1) is 0 Å². The highest BCUT2D eigenvalue weighted by molar-refractivity contribution is 5.93. The number of halogens is 2. The predicted molar refractivity (Wildman–Crippen MR) is 98.3 cm³/mol. The SMILES string of the molecule is CN1CC[C@@](O)(c2ccc3c(c2)-c2nc(C(N)=O)c(C(F)F)n2C2CC3C2)C1=O. The normalized spacial score (nSPS) is 27.5. The van der Waals surface area contributed by atoms with Crippen molar-refractivity contribution in [2.75, 3.05) is 13.6 Å². The van der Waals surface area contributed by atoms with Gasteiger partial charge in [-0.15, -0.1) is 0 Å². The molecule has 2 fully saturated rings. The van der Waals surface area contributed by atoms with Crippen LogP contribution in [-0.2, 0) is 10.4 Å². The van der Waals surface area contributed by atoms with Crippen molar-refractivity contribution in [1.29, 1.82) is 0 Å². The number of aromatic nitrogens is 2. The number of rotatable bonds is 3. The minimum absolute atomic E-state index is 0.183. The number of amides is 2. The lowest BCUT2D eigenvalue weighted by Gasteiger charge is -2.35. The number of carbonyl (C=O) groups is 2. The Labute approximate surface area is 165 Å². The number of carbonyl (C=O) groups excluding carboxylic acids is 2. The van der Waals surface area contributed by atoms with Crippen molar-refractivity contribution in [2.24, 2.45) is 5.73 Å². The molecule has 4 aliphatic rings. The Balaban J connectivity index is 1.74. The predicted octanol–water partition coefficient (Wildman–Crippen LogP) is 2.07. The van der Waals surface area contributed by atoms with Crippen LogP contribution in [0.25, 0.3) is 11.4 Å². The fourth-order valence-corrected chi connectivity index (χ4v) is 4.93. The zero-order valence-corrected chi connectivity index (χ0v) is 15.7. The standard InChI is InChI=1S/C20H20F2N4O3/c1-25-5-4-20(29,19(25)28)10-2-3-12-9-6-11(7-9)26-15(16(21)22)14(17(23)27)24-18(26)13(12)8-10/h2-3,8-9,11,16,29H,4-7H2,1H3,(H2,23,27)/t9?,11?,20-/m1/s1. The van der Waals surface area contributed by atoms with E-state index >= 15 is 0 Å². The molecule has 0 radical (unpaired) electrons. The largest absolute Gasteiger partial charge is 0.375 e. The number of alkyl halides is 2. The molecule has 1 aromatic heterocycles. The quantitative estimate of drug-likeness (QED) is 0.821. The molecular formula is C20H20F2N4O3. The summed E-state index contributed by atoms with van der Waals surface area (Å²) in [6.45, 7) is 0.424. The first-order chi connectivity index (χ1) is 13.7. The summed E-state index contributed by atoms with van der Waals surface area (Å²) in [5, 5.41) is 11.0. The van der Waals surface area contributed by atoms with Crippen LogP contribution in [0.15, 0.2) is 18.2 Å². The average molecular weight is 402 g/mol. The highest BCUT2D eigenvalue weighted by Crippen LogP contribution is 2.54. The van der Waals surface area contributed by atoms with Crippen LogP contribution in [0.2, 0.25) is 0 Å². The first-order valence-corrected chi connectivity index (χ1v) is 9.55. The molecule has 1 atom stereocenters. The summed E-state index contributed by atoms with van der Waals surface area (Å²) < 4.78 is 29.1. The molecule has 2 aromatic rings. The third-order valence-corrected chi connectivity index (χ3v) is 6.59. The van der Waals surface area contributed by atoms with Gasteiger partial charge in [0.15, 0.2) is 11.3 Å². The Bertz CT molecular complexity index is 1060. The lowest BCUT2D eigenvalue weighted by molar-refractivity contribution is -0.143. The van der Waals surface area contributed by atoms with E-state index in [-0.39, 0.29) is 24.2 Å². The molecule has 9 heteroatoms. The molecule has 7 nitrogen and oxygen atoms in total. The van der Waals surface area contributed by atoms with Gasteiger partial charge in [0.2, 0.25) is 0 Å². The number of primary amides is 1. The van der Waals surface area contributed by atoms with Crippen molar-refractivity contribution in [3.63, 3.8) is 0 Å². The Hall–Kier alpha value is -2.81. The van der Waals surface area contributed by atoms with Crippen molar-refractivity contribution in [2.45, 2.75) is 43.2 Å². The molecule has 2 amide bonds. The molecule has 1 saturated heterocycles. The fourth-order valence-electron chi connectivity index (χ4n) is 4.93. The van der Waals surface area contributed by atoms with Gasteiger partial charge >= 0.3 is 0 Å². The molecular weight excluding hydrogens is 382 g/mol. The molecule has 1 saturated carbocycles. The van der Waals surface area contributed by atoms with E-state index < -0.39 is 35.2 Å². The number of imidazole rings is 1. The molecule has 29 heavy (non-hydrogen) atoms. The van der Waals surface area contributed by atoms with Gasteiger partial charge in [0.25, 0.3) is 18.2 Å². The van der Waals surface area contributed by atoms with Gasteiger partial charge in [-0.3, -0.25) is 9.59 Å². The molecule has 4 heterocycles. The molecule has 3 aliphatic heterocycles. The average Bonchev–Trinajstić information content (AvgIpc) is 3.08. The molecule has 1 aliphatic carbocycles. The van der Waals surface area contributed by atoms with Crippen LogP contribution < -0.4 is 5.73 Å². The number of aliphatic hydroxyl groups is 1. The van der Waals surface area contributed by atoms with E-state index in [1.807, 2.05) is 6.07 Å². The van der Waals surface area contributed by atoms with Gasteiger partial charge in [-0.1, -0.05) is 12.1 Å². The third-order valence-electron chi connectivity index (χ3n) is 6.59. The van der Waals surface area contributed by atoms with Gasteiger partial charge < -0.3 is 20.3 Å². The molecule has 6 rings (SSSR count). The molecule has 1 aromatic carbocycles. The van der Waals surface area contributed by atoms with Crippen LogP contribution in [-0.4, -0.2) is 45.0 Å². The molecule has 2 bridgehead atoms. The van der Waals surface area contributed by atoms with Gasteiger partial charge in [0.1, 0.15) is 11.5 Å². The van der Waals surface area contributed by atoms with E-state index in [9.17, 15) is 23.5 Å². The van der Waals surface area contributed by atoms with Crippen molar-refractivity contribution < 1.29 is 23.5 Å². The fraction of sp³-hybridized carbons (Fsp3) is 0.450. The van der Waals surface area contributed by atoms with Crippen LogP contribution in [0.5, 0.6) is 0 Å². The highest BCUT2D eigenvalue weighted by Gasteiger charge is 2.47. The summed E-state index contributed by atoms with van der Waals surface area (Å²) in [6.07, 6.45) is -1.31. The minimum atomic E-state index is -2.89. The van der Waals surface area contributed by atoms with Crippen LogP contribution in [0.4, 0.5) is 8.78 Å². The lowest BCUT2D eigenvalue weighted by atomic mass is 9.75. The van der Waals surface area contributed by atoms with Crippen LogP contribution in [0.3, 0.4) is 0 Å². The number of benzene rings is 1. The van der Waals surface area contributed by atoms with Crippen molar-refractivity contribution in [1.82, 2.24) is 14.5 Å². The third kappa shape index (κ3) is 2.33. The first-order valence-electron chi connectivity index (χ1n) is 9.55. The molecule has 0 unspecified atom stereocenters. The molecule has 0 spiro atoms. The number of hydrogen-bond acceptors (Lipinski definition) is 4. The number of hydrogen-bond donors (Lipinski definition) is 2. The summed E-state index contributed by atoms with van der Waals surface area (Å²) in [5.74, 6) is -0.964. The van der Waals surface area contributed by atoms with E-state index in [4.69, 9.17) is 5.73 Å². The van der Waals surface area contributed by atoms with E-state index in [2.05, 4.69) is 4.98 Å². The van der Waals surface area contributed by atoms with Crippen molar-refractivity contribution >= 4 is 11.8 Å². The Morgan fingerprint density at radius 2 is 2.10 bits per heavy atom. The highest BCUT2D eigenvalue weighted by atomic mass is 19.3. The second kappa shape index (κ2) is 5.85. The van der Waals surface area contributed by atoms with Crippen LogP contribution >= 0.6 is 0 Å². The van der Waals surface area contributed by atoms with Gasteiger partial charge in [-0.2, -0.15) is 0 Å². The van der Waals surface area contributed by atoms with Gasteiger partial charge in [-0.25, -0.2) is 13.8 Å². The second-order valence-electron chi connectivity index (χ2n) is 8.17. The number of nitrogens with zero attached hydrogens (tertiary/aromatic N) is 3. The van der Waals surface area contributed by atoms with E-state index in [1.165, 1.54) is 9.47 Å². The van der Waals surface area contributed by atoms with Crippen LogP contribution in [0.1, 0.15) is 65.0 Å². The summed E-state index contributed by atoms with van der Waals surface area (Å²) in [7, 11) is 1.62. The Morgan fingerprint density at radius 1 is 1.38 bits per heavy atom. The van der Waals surface area contributed by atoms with E-state index in [1.54, 1.807) is 19.2 Å². The zero-order valence-electron chi connectivity index (χ0n) is 15.7. The molecule has 152 valence electrons. The maximum atomic E-state index is 13.8. The number of likely N-dealkylation sites (N-methyl/N-ethyl adjacent to an activating group) is 1.